The lowest BCUT2D eigenvalue weighted by Gasteiger charge is -2.09. The van der Waals surface area contributed by atoms with Crippen molar-refractivity contribution >= 4 is 28.9 Å². The van der Waals surface area contributed by atoms with Crippen LogP contribution in [-0.4, -0.2) is 23.1 Å². The van der Waals surface area contributed by atoms with E-state index < -0.39 is 0 Å². The van der Waals surface area contributed by atoms with Gasteiger partial charge < -0.3 is 15.7 Å². The summed E-state index contributed by atoms with van der Waals surface area (Å²) in [4.78, 5) is 4.21. The summed E-state index contributed by atoms with van der Waals surface area (Å²) in [5, 5.41) is 13.6. The summed E-state index contributed by atoms with van der Waals surface area (Å²) in [5.41, 5.74) is 7.24. The molecule has 0 unspecified atom stereocenters. The number of benzene rings is 1. The molecule has 0 atom stereocenters. The zero-order valence-electron chi connectivity index (χ0n) is 10.2. The highest BCUT2D eigenvalue weighted by Crippen LogP contribution is 2.27. The van der Waals surface area contributed by atoms with Crippen molar-refractivity contribution in [1.29, 1.82) is 0 Å². The molecule has 0 radical (unpaired) electrons. The van der Waals surface area contributed by atoms with Gasteiger partial charge in [-0.25, -0.2) is 4.98 Å². The van der Waals surface area contributed by atoms with Crippen molar-refractivity contribution in [2.24, 2.45) is 10.9 Å². The average Bonchev–Trinajstić information content (AvgIpc) is 2.97. The lowest BCUT2D eigenvalue weighted by atomic mass is 10.1. The molecule has 1 aromatic heterocycles. The molecule has 0 fully saturated rings. The highest BCUT2D eigenvalue weighted by atomic mass is 32.2. The summed E-state index contributed by atoms with van der Waals surface area (Å²) in [5.74, 6) is 1.42. The first-order valence-electron chi connectivity index (χ1n) is 5.41. The average molecular weight is 295 g/mol. The zero-order chi connectivity index (χ0) is 13.7. The van der Waals surface area contributed by atoms with Crippen LogP contribution in [0.4, 0.5) is 0 Å². The lowest BCUT2D eigenvalue weighted by Crippen LogP contribution is -2.14. The van der Waals surface area contributed by atoms with Crippen LogP contribution in [0, 0.1) is 0 Å². The van der Waals surface area contributed by atoms with Gasteiger partial charge in [0.25, 0.3) is 0 Å². The van der Waals surface area contributed by atoms with Crippen molar-refractivity contribution in [2.45, 2.75) is 10.1 Å². The molecule has 2 aromatic rings. The van der Waals surface area contributed by atoms with Crippen LogP contribution in [-0.2, 0) is 5.75 Å². The van der Waals surface area contributed by atoms with Crippen LogP contribution in [0.15, 0.2) is 39.3 Å². The Bertz CT molecular complexity index is 570. The Kier molecular flexibility index (Phi) is 4.64. The molecule has 0 aliphatic rings. The van der Waals surface area contributed by atoms with Gasteiger partial charge in [-0.1, -0.05) is 23.0 Å². The van der Waals surface area contributed by atoms with Crippen molar-refractivity contribution in [3.63, 3.8) is 0 Å². The summed E-state index contributed by atoms with van der Waals surface area (Å²) in [6.45, 7) is 0. The first-order valence-corrected chi connectivity index (χ1v) is 7.28. The van der Waals surface area contributed by atoms with Crippen LogP contribution in [0.3, 0.4) is 0 Å². The van der Waals surface area contributed by atoms with Crippen LogP contribution in [0.1, 0.15) is 11.1 Å². The first kappa shape index (κ1) is 13.7. The number of rotatable bonds is 5. The normalized spacial score (nSPS) is 11.5. The number of amidine groups is 1. The van der Waals surface area contributed by atoms with E-state index in [1.54, 1.807) is 42.5 Å². The molecule has 1 heterocycles. The highest BCUT2D eigenvalue weighted by molar-refractivity contribution is 8.00. The molecule has 0 aliphatic heterocycles. The van der Waals surface area contributed by atoms with Gasteiger partial charge in [-0.15, -0.1) is 11.3 Å². The molecule has 0 saturated heterocycles. The number of methoxy groups -OCH3 is 1. The van der Waals surface area contributed by atoms with Crippen LogP contribution in [0.2, 0.25) is 0 Å². The Morgan fingerprint density at radius 3 is 3.05 bits per heavy atom. The number of hydrogen-bond acceptors (Lipinski definition) is 6. The number of hydrogen-bond donors (Lipinski definition) is 2. The van der Waals surface area contributed by atoms with E-state index in [2.05, 4.69) is 10.1 Å². The standard InChI is InChI=1S/C12H13N3O2S2/c1-17-10-6-8(2-3-9(10)11(13)15-16)7-19-12-14-4-5-18-12/h2-6,16H,7H2,1H3,(H2,13,15). The van der Waals surface area contributed by atoms with Gasteiger partial charge in [0.1, 0.15) is 10.1 Å². The first-order chi connectivity index (χ1) is 9.24. The number of thiazole rings is 1. The third-order valence-electron chi connectivity index (χ3n) is 2.42. The second-order valence-electron chi connectivity index (χ2n) is 3.61. The molecule has 3 N–H and O–H groups in total. The quantitative estimate of drug-likeness (QED) is 0.291. The van der Waals surface area contributed by atoms with Crippen LogP contribution in [0.5, 0.6) is 5.75 Å². The zero-order valence-corrected chi connectivity index (χ0v) is 11.9. The molecule has 100 valence electrons. The fourth-order valence-electron chi connectivity index (χ4n) is 1.52. The molecular formula is C12H13N3O2S2. The molecule has 0 spiro atoms. The number of oxime groups is 1. The summed E-state index contributed by atoms with van der Waals surface area (Å²) in [6, 6.07) is 5.59. The van der Waals surface area contributed by atoms with Crippen LogP contribution >= 0.6 is 23.1 Å². The van der Waals surface area contributed by atoms with Crippen LogP contribution < -0.4 is 10.5 Å². The minimum Gasteiger partial charge on any atom is -0.496 e. The van der Waals surface area contributed by atoms with E-state index in [9.17, 15) is 0 Å². The van der Waals surface area contributed by atoms with E-state index in [0.717, 1.165) is 15.7 Å². The third kappa shape index (κ3) is 3.39. The Morgan fingerprint density at radius 1 is 1.58 bits per heavy atom. The van der Waals surface area contributed by atoms with Crippen molar-refractivity contribution in [2.75, 3.05) is 7.11 Å². The van der Waals surface area contributed by atoms with E-state index in [0.29, 0.717) is 11.3 Å². The van der Waals surface area contributed by atoms with Crippen molar-refractivity contribution < 1.29 is 9.94 Å². The van der Waals surface area contributed by atoms with E-state index in [1.807, 2.05) is 17.5 Å². The number of nitrogens with two attached hydrogens (primary N) is 1. The molecule has 7 heteroatoms. The van der Waals surface area contributed by atoms with Gasteiger partial charge in [-0.3, -0.25) is 0 Å². The molecule has 0 amide bonds. The maximum atomic E-state index is 8.70. The topological polar surface area (TPSA) is 80.7 Å². The van der Waals surface area contributed by atoms with Gasteiger partial charge in [0.2, 0.25) is 0 Å². The van der Waals surface area contributed by atoms with E-state index in [-0.39, 0.29) is 5.84 Å². The monoisotopic (exact) mass is 295 g/mol. The second kappa shape index (κ2) is 6.44. The van der Waals surface area contributed by atoms with Gasteiger partial charge in [0.15, 0.2) is 5.84 Å². The molecule has 0 aliphatic carbocycles. The molecule has 0 bridgehead atoms. The van der Waals surface area contributed by atoms with Crippen molar-refractivity contribution in [1.82, 2.24) is 4.98 Å². The van der Waals surface area contributed by atoms with Crippen LogP contribution in [0.25, 0.3) is 0 Å². The molecular weight excluding hydrogens is 282 g/mol. The van der Waals surface area contributed by atoms with E-state index >= 15 is 0 Å². The predicted molar refractivity (Wildman–Crippen MR) is 77.2 cm³/mol. The summed E-state index contributed by atoms with van der Waals surface area (Å²) >= 11 is 3.27. The Hall–Kier alpha value is -1.73. The van der Waals surface area contributed by atoms with Gasteiger partial charge in [0, 0.05) is 17.3 Å². The second-order valence-corrected chi connectivity index (χ2v) is 5.72. The maximum Gasteiger partial charge on any atom is 0.173 e. The Labute approximate surface area is 119 Å². The predicted octanol–water partition coefficient (Wildman–Crippen LogP) is 2.54. The number of nitrogens with zero attached hydrogens (tertiary/aromatic N) is 2. The number of thioether (sulfide) groups is 1. The highest BCUT2D eigenvalue weighted by Gasteiger charge is 2.09. The molecule has 0 saturated carbocycles. The fourth-order valence-corrected chi connectivity index (χ4v) is 3.10. The summed E-state index contributed by atoms with van der Waals surface area (Å²) in [6.07, 6.45) is 1.79. The minimum absolute atomic E-state index is 0.0379. The molecule has 2 rings (SSSR count). The summed E-state index contributed by atoms with van der Waals surface area (Å²) in [7, 11) is 1.56. The number of ether oxygens (including phenoxy) is 1. The summed E-state index contributed by atoms with van der Waals surface area (Å²) < 4.78 is 6.28. The van der Waals surface area contributed by atoms with Gasteiger partial charge in [0.05, 0.1) is 12.7 Å². The maximum absolute atomic E-state index is 8.70. The van der Waals surface area contributed by atoms with E-state index in [1.165, 1.54) is 0 Å². The largest absolute Gasteiger partial charge is 0.496 e. The minimum atomic E-state index is 0.0379. The van der Waals surface area contributed by atoms with Gasteiger partial charge >= 0.3 is 0 Å². The molecule has 5 nitrogen and oxygen atoms in total. The lowest BCUT2D eigenvalue weighted by molar-refractivity contribution is 0.318. The van der Waals surface area contributed by atoms with Gasteiger partial charge in [-0.2, -0.15) is 0 Å². The van der Waals surface area contributed by atoms with Crippen molar-refractivity contribution in [3.8, 4) is 5.75 Å². The molecule has 1 aromatic carbocycles. The Balaban J connectivity index is 2.15. The fraction of sp³-hybridized carbons (Fsp3) is 0.167. The SMILES string of the molecule is COc1cc(CSc2nccs2)ccc1/C(N)=N/O. The van der Waals surface area contributed by atoms with E-state index in [4.69, 9.17) is 15.7 Å². The van der Waals surface area contributed by atoms with Gasteiger partial charge in [-0.05, 0) is 17.7 Å². The number of aromatic nitrogens is 1. The van der Waals surface area contributed by atoms with Crippen molar-refractivity contribution in [3.05, 3.63) is 40.9 Å². The third-order valence-corrected chi connectivity index (χ3v) is 4.46. The smallest absolute Gasteiger partial charge is 0.173 e. The molecule has 19 heavy (non-hydrogen) atoms. The Morgan fingerprint density at radius 2 is 2.42 bits per heavy atom.